The van der Waals surface area contributed by atoms with E-state index in [-0.39, 0.29) is 25.0 Å². The van der Waals surface area contributed by atoms with Crippen molar-refractivity contribution < 1.29 is 23.8 Å². The maximum absolute atomic E-state index is 12.8. The predicted molar refractivity (Wildman–Crippen MR) is 98.3 cm³/mol. The molecule has 2 aliphatic heterocycles. The second-order valence-electron chi connectivity index (χ2n) is 6.37. The first-order chi connectivity index (χ1) is 13.2. The molecule has 0 unspecified atom stereocenters. The van der Waals surface area contributed by atoms with Crippen LogP contribution >= 0.6 is 0 Å². The number of nitrogens with zero attached hydrogens (tertiary/aromatic N) is 2. The summed E-state index contributed by atoms with van der Waals surface area (Å²) in [5, 5.41) is 0. The molecule has 0 radical (unpaired) electrons. The van der Waals surface area contributed by atoms with Gasteiger partial charge in [0.05, 0.1) is 7.11 Å². The highest BCUT2D eigenvalue weighted by Gasteiger charge is 2.35. The number of rotatable bonds is 3. The van der Waals surface area contributed by atoms with E-state index in [1.165, 1.54) is 4.90 Å². The summed E-state index contributed by atoms with van der Waals surface area (Å²) in [4.78, 5) is 28.6. The third-order valence-electron chi connectivity index (χ3n) is 4.68. The van der Waals surface area contributed by atoms with Crippen molar-refractivity contribution in [1.82, 2.24) is 4.90 Å². The Balaban J connectivity index is 1.42. The van der Waals surface area contributed by atoms with Crippen molar-refractivity contribution in [2.24, 2.45) is 0 Å². The Morgan fingerprint density at radius 2 is 1.93 bits per heavy atom. The summed E-state index contributed by atoms with van der Waals surface area (Å²) in [7, 11) is 1.59. The van der Waals surface area contributed by atoms with Gasteiger partial charge in [0.25, 0.3) is 5.91 Å². The van der Waals surface area contributed by atoms with E-state index in [0.29, 0.717) is 30.3 Å². The van der Waals surface area contributed by atoms with E-state index in [0.717, 1.165) is 5.69 Å². The molecular weight excluding hydrogens is 348 g/mol. The molecule has 0 aromatic heterocycles. The molecule has 2 amide bonds. The van der Waals surface area contributed by atoms with Gasteiger partial charge in [-0.05, 0) is 24.3 Å². The first-order valence-corrected chi connectivity index (χ1v) is 8.77. The SMILES string of the molecule is COc1cccc(N2CCN(C(=O)[C@H]3COc4ccccc4O3)CC2=O)c1. The highest BCUT2D eigenvalue weighted by molar-refractivity contribution is 5.98. The van der Waals surface area contributed by atoms with E-state index in [1.807, 2.05) is 36.4 Å². The molecule has 2 heterocycles. The second-order valence-corrected chi connectivity index (χ2v) is 6.37. The quantitative estimate of drug-likeness (QED) is 0.825. The van der Waals surface area contributed by atoms with Crippen LogP contribution in [0.15, 0.2) is 48.5 Å². The molecule has 1 fully saturated rings. The van der Waals surface area contributed by atoms with Crippen LogP contribution in [0.1, 0.15) is 0 Å². The van der Waals surface area contributed by atoms with Gasteiger partial charge in [0.2, 0.25) is 12.0 Å². The Labute approximate surface area is 157 Å². The van der Waals surface area contributed by atoms with Gasteiger partial charge in [-0.25, -0.2) is 0 Å². The molecule has 7 nitrogen and oxygen atoms in total. The fourth-order valence-corrected chi connectivity index (χ4v) is 3.26. The lowest BCUT2D eigenvalue weighted by Crippen LogP contribution is -2.56. The molecule has 27 heavy (non-hydrogen) atoms. The van der Waals surface area contributed by atoms with E-state index >= 15 is 0 Å². The van der Waals surface area contributed by atoms with Gasteiger partial charge in [0.15, 0.2) is 11.5 Å². The first-order valence-electron chi connectivity index (χ1n) is 8.77. The summed E-state index contributed by atoms with van der Waals surface area (Å²) in [6.07, 6.45) is -0.740. The largest absolute Gasteiger partial charge is 0.497 e. The minimum Gasteiger partial charge on any atom is -0.497 e. The van der Waals surface area contributed by atoms with Crippen LogP contribution in [-0.4, -0.2) is 56.2 Å². The lowest BCUT2D eigenvalue weighted by atomic mass is 10.2. The number of carbonyl (C=O) groups excluding carboxylic acids is 2. The predicted octanol–water partition coefficient (Wildman–Crippen LogP) is 1.71. The van der Waals surface area contributed by atoms with Crippen LogP contribution in [0.3, 0.4) is 0 Å². The Bertz CT molecular complexity index is 869. The van der Waals surface area contributed by atoms with Gasteiger partial charge in [0, 0.05) is 24.8 Å². The van der Waals surface area contributed by atoms with Gasteiger partial charge in [-0.1, -0.05) is 18.2 Å². The number of ether oxygens (including phenoxy) is 3. The highest BCUT2D eigenvalue weighted by atomic mass is 16.6. The van der Waals surface area contributed by atoms with Gasteiger partial charge >= 0.3 is 0 Å². The Hall–Kier alpha value is -3.22. The van der Waals surface area contributed by atoms with E-state index in [1.54, 1.807) is 24.1 Å². The molecule has 2 aliphatic rings. The number of methoxy groups -OCH3 is 1. The summed E-state index contributed by atoms with van der Waals surface area (Å²) in [5.74, 6) is 1.48. The van der Waals surface area contributed by atoms with Crippen molar-refractivity contribution in [3.05, 3.63) is 48.5 Å². The molecule has 0 spiro atoms. The smallest absolute Gasteiger partial charge is 0.267 e. The first kappa shape index (κ1) is 17.2. The normalized spacial score (nSPS) is 19.0. The van der Waals surface area contributed by atoms with Crippen LogP contribution < -0.4 is 19.1 Å². The third kappa shape index (κ3) is 3.40. The minimum atomic E-state index is -0.740. The van der Waals surface area contributed by atoms with Crippen LogP contribution in [0.4, 0.5) is 5.69 Å². The van der Waals surface area contributed by atoms with Gasteiger partial charge in [-0.2, -0.15) is 0 Å². The van der Waals surface area contributed by atoms with Crippen LogP contribution in [0, 0.1) is 0 Å². The summed E-state index contributed by atoms with van der Waals surface area (Å²) < 4.78 is 16.6. The molecule has 2 aromatic carbocycles. The van der Waals surface area contributed by atoms with Crippen molar-refractivity contribution >= 4 is 17.5 Å². The molecule has 1 atom stereocenters. The molecule has 0 saturated carbocycles. The molecule has 2 aromatic rings. The van der Waals surface area contributed by atoms with Crippen LogP contribution in [0.25, 0.3) is 0 Å². The zero-order chi connectivity index (χ0) is 18.8. The van der Waals surface area contributed by atoms with Crippen molar-refractivity contribution in [1.29, 1.82) is 0 Å². The monoisotopic (exact) mass is 368 g/mol. The molecule has 0 aliphatic carbocycles. The molecule has 0 bridgehead atoms. The average Bonchev–Trinajstić information content (AvgIpc) is 2.72. The summed E-state index contributed by atoms with van der Waals surface area (Å²) in [6.45, 7) is 1.00. The number of hydrogen-bond donors (Lipinski definition) is 0. The van der Waals surface area contributed by atoms with Gasteiger partial charge in [-0.3, -0.25) is 9.59 Å². The standard InChI is InChI=1S/C20H20N2O5/c1-25-15-6-4-5-14(11-15)22-10-9-21(12-19(22)23)20(24)18-13-26-16-7-2-3-8-17(16)27-18/h2-8,11,18H,9-10,12-13H2,1H3/t18-/m1/s1. The van der Waals surface area contributed by atoms with Crippen LogP contribution in [0.2, 0.25) is 0 Å². The molecule has 1 saturated heterocycles. The molecule has 7 heteroatoms. The summed E-state index contributed by atoms with van der Waals surface area (Å²) in [5.41, 5.74) is 0.762. The van der Waals surface area contributed by atoms with E-state index in [4.69, 9.17) is 14.2 Å². The molecular formula is C20H20N2O5. The number of amides is 2. The van der Waals surface area contributed by atoms with E-state index in [2.05, 4.69) is 0 Å². The minimum absolute atomic E-state index is 0.0115. The van der Waals surface area contributed by atoms with Crippen LogP contribution in [0.5, 0.6) is 17.2 Å². The number of piperazine rings is 1. The maximum atomic E-state index is 12.8. The summed E-state index contributed by atoms with van der Waals surface area (Å²) in [6, 6.07) is 14.6. The maximum Gasteiger partial charge on any atom is 0.267 e. The van der Waals surface area contributed by atoms with Crippen molar-refractivity contribution in [3.8, 4) is 17.2 Å². The zero-order valence-corrected chi connectivity index (χ0v) is 15.0. The summed E-state index contributed by atoms with van der Waals surface area (Å²) >= 11 is 0. The lowest BCUT2D eigenvalue weighted by Gasteiger charge is -2.36. The Morgan fingerprint density at radius 1 is 1.11 bits per heavy atom. The fourth-order valence-electron chi connectivity index (χ4n) is 3.26. The van der Waals surface area contributed by atoms with Crippen molar-refractivity contribution in [2.75, 3.05) is 38.3 Å². The third-order valence-corrected chi connectivity index (χ3v) is 4.68. The number of anilines is 1. The number of benzene rings is 2. The van der Waals surface area contributed by atoms with Crippen LogP contribution in [-0.2, 0) is 9.59 Å². The van der Waals surface area contributed by atoms with Gasteiger partial charge in [-0.15, -0.1) is 0 Å². The molecule has 140 valence electrons. The number of carbonyl (C=O) groups is 2. The second kappa shape index (κ2) is 7.19. The molecule has 0 N–H and O–H groups in total. The van der Waals surface area contributed by atoms with E-state index in [9.17, 15) is 9.59 Å². The average molecular weight is 368 g/mol. The Kier molecular flexibility index (Phi) is 4.58. The number of fused-ring (bicyclic) bond motifs is 1. The van der Waals surface area contributed by atoms with Gasteiger partial charge < -0.3 is 24.0 Å². The fraction of sp³-hybridized carbons (Fsp3) is 0.300. The van der Waals surface area contributed by atoms with Crippen molar-refractivity contribution in [3.63, 3.8) is 0 Å². The van der Waals surface area contributed by atoms with E-state index < -0.39 is 6.10 Å². The van der Waals surface area contributed by atoms with Crippen molar-refractivity contribution in [2.45, 2.75) is 6.10 Å². The lowest BCUT2D eigenvalue weighted by molar-refractivity contribution is -0.145. The van der Waals surface area contributed by atoms with Gasteiger partial charge in [0.1, 0.15) is 18.9 Å². The number of hydrogen-bond acceptors (Lipinski definition) is 5. The molecule has 4 rings (SSSR count). The topological polar surface area (TPSA) is 68.3 Å². The zero-order valence-electron chi connectivity index (χ0n) is 15.0. The highest BCUT2D eigenvalue weighted by Crippen LogP contribution is 2.31. The number of para-hydroxylation sites is 2. The Morgan fingerprint density at radius 3 is 2.70 bits per heavy atom.